The number of aromatic carboxylic acids is 1. The molecule has 2 heterocycles. The Morgan fingerprint density at radius 3 is 2.43 bits per heavy atom. The third-order valence-corrected chi connectivity index (χ3v) is 5.87. The number of nitrogens with zero attached hydrogens (tertiary/aromatic N) is 4. The number of carbonyl (C=O) groups is 2. The van der Waals surface area contributed by atoms with Gasteiger partial charge in [0.05, 0.1) is 11.2 Å². The number of hydrogen-bond donors (Lipinski definition) is 2. The molecule has 1 amide bonds. The van der Waals surface area contributed by atoms with Gasteiger partial charge >= 0.3 is 5.97 Å². The van der Waals surface area contributed by atoms with E-state index in [0.29, 0.717) is 43.9 Å². The van der Waals surface area contributed by atoms with Crippen molar-refractivity contribution in [3.05, 3.63) is 75.6 Å². The number of benzene rings is 2. The molecular weight excluding hydrogens is 460 g/mol. The lowest BCUT2D eigenvalue weighted by molar-refractivity contribution is 0.0694. The molecule has 3 aromatic rings. The van der Waals surface area contributed by atoms with Crippen LogP contribution in [0.5, 0.6) is 0 Å². The number of pyridine rings is 1. The fourth-order valence-corrected chi connectivity index (χ4v) is 3.97. The van der Waals surface area contributed by atoms with E-state index in [-0.39, 0.29) is 10.9 Å². The third kappa shape index (κ3) is 4.98. The molecular formula is C24H23F2N5O4. The van der Waals surface area contributed by atoms with Gasteiger partial charge in [0.15, 0.2) is 0 Å². The Balaban J connectivity index is 1.45. The largest absolute Gasteiger partial charge is 0.477 e. The molecule has 1 fully saturated rings. The lowest BCUT2D eigenvalue weighted by Crippen LogP contribution is -2.46. The Morgan fingerprint density at radius 1 is 1.11 bits per heavy atom. The molecule has 0 aliphatic carbocycles. The van der Waals surface area contributed by atoms with Crippen molar-refractivity contribution in [3.63, 3.8) is 0 Å². The Morgan fingerprint density at radius 2 is 1.80 bits per heavy atom. The summed E-state index contributed by atoms with van der Waals surface area (Å²) < 4.78 is 29.6. The summed E-state index contributed by atoms with van der Waals surface area (Å²) in [5.41, 5.74) is 2.34. The second-order valence-corrected chi connectivity index (χ2v) is 8.00. The minimum Gasteiger partial charge on any atom is -0.477 e. The molecule has 1 aromatic heterocycles. The van der Waals surface area contributed by atoms with Gasteiger partial charge in [0.2, 0.25) is 5.43 Å². The van der Waals surface area contributed by atoms with E-state index < -0.39 is 34.5 Å². The minimum atomic E-state index is -1.35. The smallest absolute Gasteiger partial charge is 0.341 e. The van der Waals surface area contributed by atoms with Crippen LogP contribution in [0.1, 0.15) is 27.6 Å². The fraction of sp³-hybridized carbons (Fsp3) is 0.250. The highest BCUT2D eigenvalue weighted by atomic mass is 19.1. The topological polar surface area (TPSA) is 107 Å². The number of halogens is 2. The first-order valence-corrected chi connectivity index (χ1v) is 11.0. The van der Waals surface area contributed by atoms with Crippen molar-refractivity contribution in [3.8, 4) is 0 Å². The van der Waals surface area contributed by atoms with Crippen LogP contribution >= 0.6 is 0 Å². The number of anilines is 1. The number of amides is 1. The van der Waals surface area contributed by atoms with Crippen LogP contribution in [-0.4, -0.2) is 59.0 Å². The number of hydrogen-bond acceptors (Lipinski definition) is 5. The number of carboxylic acids is 1. The second kappa shape index (κ2) is 9.92. The molecule has 35 heavy (non-hydrogen) atoms. The zero-order chi connectivity index (χ0) is 25.1. The molecule has 1 saturated heterocycles. The summed E-state index contributed by atoms with van der Waals surface area (Å²) in [7, 11) is 0. The lowest BCUT2D eigenvalue weighted by Gasteiger charge is -2.35. The molecule has 0 saturated carbocycles. The molecule has 2 N–H and O–H groups in total. The van der Waals surface area contributed by atoms with Crippen LogP contribution in [-0.2, 0) is 6.54 Å². The van der Waals surface area contributed by atoms with Crippen LogP contribution in [0, 0.1) is 11.6 Å². The van der Waals surface area contributed by atoms with Gasteiger partial charge in [-0.05, 0) is 43.3 Å². The molecule has 0 spiro atoms. The first-order valence-electron chi connectivity index (χ1n) is 11.0. The molecule has 1 aliphatic rings. The van der Waals surface area contributed by atoms with Crippen LogP contribution in [0.25, 0.3) is 10.9 Å². The van der Waals surface area contributed by atoms with Crippen LogP contribution in [0.4, 0.5) is 14.5 Å². The number of aromatic nitrogens is 1. The van der Waals surface area contributed by atoms with Gasteiger partial charge in [0, 0.05) is 49.9 Å². The molecule has 4 rings (SSSR count). The summed E-state index contributed by atoms with van der Waals surface area (Å²) in [5.74, 6) is -2.86. The van der Waals surface area contributed by atoms with E-state index in [2.05, 4.69) is 10.5 Å². The Hall–Kier alpha value is -4.28. The molecule has 11 heteroatoms. The number of piperazine rings is 1. The number of aryl methyl sites for hydroxylation is 1. The van der Waals surface area contributed by atoms with Crippen molar-refractivity contribution < 1.29 is 23.5 Å². The third-order valence-electron chi connectivity index (χ3n) is 5.87. The van der Waals surface area contributed by atoms with Crippen LogP contribution in [0.3, 0.4) is 0 Å². The first-order chi connectivity index (χ1) is 16.8. The average Bonchev–Trinajstić information content (AvgIpc) is 2.85. The van der Waals surface area contributed by atoms with Crippen molar-refractivity contribution in [1.29, 1.82) is 0 Å². The van der Waals surface area contributed by atoms with Gasteiger partial charge in [0.25, 0.3) is 5.91 Å². The summed E-state index contributed by atoms with van der Waals surface area (Å²) in [6.07, 6.45) is 2.76. The van der Waals surface area contributed by atoms with E-state index in [0.717, 1.165) is 6.07 Å². The van der Waals surface area contributed by atoms with Gasteiger partial charge in [-0.25, -0.2) is 19.0 Å². The summed E-state index contributed by atoms with van der Waals surface area (Å²) in [6, 6.07) is 7.77. The van der Waals surface area contributed by atoms with Gasteiger partial charge in [-0.15, -0.1) is 0 Å². The Bertz CT molecular complexity index is 1360. The van der Waals surface area contributed by atoms with Crippen LogP contribution < -0.4 is 15.8 Å². The SMILES string of the molecule is CCn1cc(C(=O)O)c(=O)c2cc(F)c(N3CCN(/C=N/NC(=O)c4ccc(F)cc4)CC3)cc21. The van der Waals surface area contributed by atoms with E-state index in [1.807, 2.05) is 16.7 Å². The van der Waals surface area contributed by atoms with Crippen molar-refractivity contribution in [2.45, 2.75) is 13.5 Å². The number of carboxylic acid groups (broad SMARTS) is 1. The highest BCUT2D eigenvalue weighted by molar-refractivity contribution is 5.94. The molecule has 1 aliphatic heterocycles. The number of nitrogens with one attached hydrogen (secondary N) is 1. The fourth-order valence-electron chi connectivity index (χ4n) is 3.97. The number of fused-ring (bicyclic) bond motifs is 1. The van der Waals surface area contributed by atoms with Crippen molar-refractivity contribution in [1.82, 2.24) is 14.9 Å². The summed E-state index contributed by atoms with van der Waals surface area (Å²) in [5, 5.41) is 13.2. The van der Waals surface area contributed by atoms with E-state index in [9.17, 15) is 28.3 Å². The van der Waals surface area contributed by atoms with Gasteiger partial charge in [-0.3, -0.25) is 9.59 Å². The maximum atomic E-state index is 15.0. The summed E-state index contributed by atoms with van der Waals surface area (Å²) in [4.78, 5) is 39.7. The maximum Gasteiger partial charge on any atom is 0.341 e. The predicted molar refractivity (Wildman–Crippen MR) is 127 cm³/mol. The zero-order valence-electron chi connectivity index (χ0n) is 18.9. The van der Waals surface area contributed by atoms with E-state index in [1.54, 1.807) is 10.6 Å². The molecule has 9 nitrogen and oxygen atoms in total. The monoisotopic (exact) mass is 483 g/mol. The predicted octanol–water partition coefficient (Wildman–Crippen LogP) is 2.49. The summed E-state index contributed by atoms with van der Waals surface area (Å²) in [6.45, 7) is 4.16. The molecule has 182 valence electrons. The van der Waals surface area contributed by atoms with Gasteiger partial charge < -0.3 is 19.5 Å². The molecule has 0 atom stereocenters. The van der Waals surface area contributed by atoms with Crippen LogP contribution in [0.2, 0.25) is 0 Å². The van der Waals surface area contributed by atoms with Gasteiger partial charge in [0.1, 0.15) is 23.5 Å². The summed E-state index contributed by atoms with van der Waals surface area (Å²) >= 11 is 0. The average molecular weight is 483 g/mol. The van der Waals surface area contributed by atoms with E-state index in [1.165, 1.54) is 36.8 Å². The van der Waals surface area contributed by atoms with Gasteiger partial charge in [-0.2, -0.15) is 5.10 Å². The normalized spacial score (nSPS) is 14.0. The second-order valence-electron chi connectivity index (χ2n) is 8.00. The van der Waals surface area contributed by atoms with E-state index >= 15 is 0 Å². The standard InChI is InChI=1S/C24H23F2N5O4/c1-2-30-13-18(24(34)35)22(32)17-11-19(26)21(12-20(17)30)31-9-7-29(8-10-31)14-27-28-23(33)15-3-5-16(25)6-4-15/h3-6,11-14H,2,7-10H2,1H3,(H,28,33)(H,34,35)/b27-14+. The van der Waals surface area contributed by atoms with Crippen molar-refractivity contribution in [2.24, 2.45) is 5.10 Å². The molecule has 0 radical (unpaired) electrons. The highest BCUT2D eigenvalue weighted by Crippen LogP contribution is 2.26. The lowest BCUT2D eigenvalue weighted by atomic mass is 10.1. The molecule has 2 aromatic carbocycles. The van der Waals surface area contributed by atoms with E-state index in [4.69, 9.17) is 0 Å². The Kier molecular flexibility index (Phi) is 6.76. The molecule has 0 unspecified atom stereocenters. The van der Waals surface area contributed by atoms with Crippen LogP contribution in [0.15, 0.2) is 52.5 Å². The highest BCUT2D eigenvalue weighted by Gasteiger charge is 2.22. The number of rotatable bonds is 6. The number of carbonyl (C=O) groups excluding carboxylic acids is 1. The van der Waals surface area contributed by atoms with Gasteiger partial charge in [-0.1, -0.05) is 0 Å². The van der Waals surface area contributed by atoms with Crippen molar-refractivity contribution in [2.75, 3.05) is 31.1 Å². The maximum absolute atomic E-state index is 15.0. The van der Waals surface area contributed by atoms with Crippen molar-refractivity contribution >= 4 is 34.8 Å². The zero-order valence-corrected chi connectivity index (χ0v) is 18.9. The first kappa shape index (κ1) is 23.9. The Labute approximate surface area is 198 Å². The molecule has 0 bridgehead atoms. The number of hydrazone groups is 1. The quantitative estimate of drug-likeness (QED) is 0.317. The minimum absolute atomic E-state index is 0.0238.